The highest BCUT2D eigenvalue weighted by Crippen LogP contribution is 2.15. The van der Waals surface area contributed by atoms with Crippen molar-refractivity contribution in [2.45, 2.75) is 19.4 Å². The topological polar surface area (TPSA) is 29.9 Å². The standard InChI is InChI=1S/C14H18FN3/c1-11(12-5-3-4-6-13(12)15)16-8-7-14-17-9-10-18(14)2/h3-6,9-11,16H,7-8H2,1-2H3. The van der Waals surface area contributed by atoms with Crippen molar-refractivity contribution in [2.24, 2.45) is 7.05 Å². The quantitative estimate of drug-likeness (QED) is 0.879. The molecule has 0 amide bonds. The van der Waals surface area contributed by atoms with Crippen LogP contribution in [0, 0.1) is 5.82 Å². The molecule has 0 bridgehead atoms. The maximum Gasteiger partial charge on any atom is 0.127 e. The summed E-state index contributed by atoms with van der Waals surface area (Å²) in [6.07, 6.45) is 4.55. The van der Waals surface area contributed by atoms with Crippen molar-refractivity contribution < 1.29 is 4.39 Å². The zero-order valence-electron chi connectivity index (χ0n) is 10.7. The third-order valence-electron chi connectivity index (χ3n) is 3.09. The van der Waals surface area contributed by atoms with Crippen LogP contribution in [0.25, 0.3) is 0 Å². The number of aromatic nitrogens is 2. The van der Waals surface area contributed by atoms with Crippen molar-refractivity contribution in [1.29, 1.82) is 0 Å². The summed E-state index contributed by atoms with van der Waals surface area (Å²) >= 11 is 0. The molecular weight excluding hydrogens is 229 g/mol. The largest absolute Gasteiger partial charge is 0.338 e. The lowest BCUT2D eigenvalue weighted by Crippen LogP contribution is -2.23. The van der Waals surface area contributed by atoms with Crippen LogP contribution in [0.3, 0.4) is 0 Å². The third-order valence-corrected chi connectivity index (χ3v) is 3.09. The van der Waals surface area contributed by atoms with E-state index in [0.29, 0.717) is 5.56 Å². The molecule has 0 saturated carbocycles. The number of nitrogens with zero attached hydrogens (tertiary/aromatic N) is 2. The average molecular weight is 247 g/mol. The van der Waals surface area contributed by atoms with Crippen LogP contribution < -0.4 is 5.32 Å². The van der Waals surface area contributed by atoms with Gasteiger partial charge in [0.2, 0.25) is 0 Å². The maximum absolute atomic E-state index is 13.5. The van der Waals surface area contributed by atoms with Gasteiger partial charge < -0.3 is 9.88 Å². The molecule has 1 unspecified atom stereocenters. The van der Waals surface area contributed by atoms with Crippen LogP contribution in [-0.2, 0) is 13.5 Å². The normalized spacial score (nSPS) is 12.6. The molecule has 96 valence electrons. The van der Waals surface area contributed by atoms with Crippen LogP contribution in [0.15, 0.2) is 36.7 Å². The molecule has 0 aliphatic carbocycles. The van der Waals surface area contributed by atoms with Gasteiger partial charge in [0.05, 0.1) is 0 Å². The average Bonchev–Trinajstić information content (AvgIpc) is 2.75. The highest BCUT2D eigenvalue weighted by Gasteiger charge is 2.09. The van der Waals surface area contributed by atoms with E-state index < -0.39 is 0 Å². The number of rotatable bonds is 5. The van der Waals surface area contributed by atoms with Gasteiger partial charge in [-0.15, -0.1) is 0 Å². The van der Waals surface area contributed by atoms with Gasteiger partial charge in [-0.3, -0.25) is 0 Å². The molecule has 0 radical (unpaired) electrons. The van der Waals surface area contributed by atoms with Gasteiger partial charge in [0.1, 0.15) is 11.6 Å². The molecule has 18 heavy (non-hydrogen) atoms. The fourth-order valence-corrected chi connectivity index (χ4v) is 1.97. The second kappa shape index (κ2) is 5.78. The second-order valence-electron chi connectivity index (χ2n) is 4.40. The van der Waals surface area contributed by atoms with Gasteiger partial charge in [0, 0.05) is 44.0 Å². The van der Waals surface area contributed by atoms with Crippen molar-refractivity contribution in [2.75, 3.05) is 6.54 Å². The highest BCUT2D eigenvalue weighted by molar-refractivity contribution is 5.20. The summed E-state index contributed by atoms with van der Waals surface area (Å²) in [4.78, 5) is 4.25. The summed E-state index contributed by atoms with van der Waals surface area (Å²) in [5, 5.41) is 3.31. The molecule has 4 heteroatoms. The van der Waals surface area contributed by atoms with Crippen LogP contribution >= 0.6 is 0 Å². The predicted octanol–water partition coefficient (Wildman–Crippen LogP) is 2.45. The summed E-state index contributed by atoms with van der Waals surface area (Å²) < 4.78 is 15.5. The smallest absolute Gasteiger partial charge is 0.127 e. The lowest BCUT2D eigenvalue weighted by molar-refractivity contribution is 0.525. The van der Waals surface area contributed by atoms with Gasteiger partial charge >= 0.3 is 0 Å². The molecular formula is C14H18FN3. The Morgan fingerprint density at radius 2 is 2.17 bits per heavy atom. The maximum atomic E-state index is 13.5. The Labute approximate surface area is 107 Å². The molecule has 1 heterocycles. The van der Waals surface area contributed by atoms with Crippen LogP contribution in [0.1, 0.15) is 24.4 Å². The molecule has 1 aromatic heterocycles. The summed E-state index contributed by atoms with van der Waals surface area (Å²) in [6, 6.07) is 6.88. The molecule has 0 fully saturated rings. The number of nitrogens with one attached hydrogen (secondary N) is 1. The van der Waals surface area contributed by atoms with E-state index in [0.717, 1.165) is 18.8 Å². The van der Waals surface area contributed by atoms with Crippen molar-refractivity contribution in [3.63, 3.8) is 0 Å². The van der Waals surface area contributed by atoms with Gasteiger partial charge in [-0.2, -0.15) is 0 Å². The fourth-order valence-electron chi connectivity index (χ4n) is 1.97. The monoisotopic (exact) mass is 247 g/mol. The van der Waals surface area contributed by atoms with E-state index in [4.69, 9.17) is 0 Å². The summed E-state index contributed by atoms with van der Waals surface area (Å²) in [5.74, 6) is 0.873. The Morgan fingerprint density at radius 3 is 2.83 bits per heavy atom. The number of hydrogen-bond donors (Lipinski definition) is 1. The second-order valence-corrected chi connectivity index (χ2v) is 4.40. The third kappa shape index (κ3) is 2.96. The highest BCUT2D eigenvalue weighted by atomic mass is 19.1. The molecule has 0 aliphatic heterocycles. The van der Waals surface area contributed by atoms with Crippen LogP contribution in [-0.4, -0.2) is 16.1 Å². The SMILES string of the molecule is CC(NCCc1nccn1C)c1ccccc1F. The Hall–Kier alpha value is -1.68. The van der Waals surface area contributed by atoms with Crippen LogP contribution in [0.2, 0.25) is 0 Å². The first kappa shape index (κ1) is 12.8. The van der Waals surface area contributed by atoms with E-state index in [1.165, 1.54) is 6.07 Å². The van der Waals surface area contributed by atoms with E-state index in [-0.39, 0.29) is 11.9 Å². The number of halogens is 1. The molecule has 1 N–H and O–H groups in total. The van der Waals surface area contributed by atoms with E-state index in [1.807, 2.05) is 36.9 Å². The Morgan fingerprint density at radius 1 is 1.39 bits per heavy atom. The molecule has 2 rings (SSSR count). The van der Waals surface area contributed by atoms with E-state index >= 15 is 0 Å². The fraction of sp³-hybridized carbons (Fsp3) is 0.357. The Bertz CT molecular complexity index is 507. The zero-order valence-corrected chi connectivity index (χ0v) is 10.7. The summed E-state index contributed by atoms with van der Waals surface area (Å²) in [6.45, 7) is 2.75. The summed E-state index contributed by atoms with van der Waals surface area (Å²) in [5.41, 5.74) is 0.706. The van der Waals surface area contributed by atoms with Crippen molar-refractivity contribution in [1.82, 2.24) is 14.9 Å². The van der Waals surface area contributed by atoms with Gasteiger partial charge in [0.25, 0.3) is 0 Å². The minimum absolute atomic E-state index is 0.00599. The molecule has 1 aromatic carbocycles. The number of benzene rings is 1. The van der Waals surface area contributed by atoms with Crippen LogP contribution in [0.5, 0.6) is 0 Å². The molecule has 0 saturated heterocycles. The Balaban J connectivity index is 1.87. The van der Waals surface area contributed by atoms with Crippen molar-refractivity contribution in [3.8, 4) is 0 Å². The Kier molecular flexibility index (Phi) is 4.10. The van der Waals surface area contributed by atoms with E-state index in [9.17, 15) is 4.39 Å². The minimum atomic E-state index is -0.158. The number of hydrogen-bond acceptors (Lipinski definition) is 2. The molecule has 3 nitrogen and oxygen atoms in total. The molecule has 0 aliphatic rings. The van der Waals surface area contributed by atoms with Gasteiger partial charge in [-0.1, -0.05) is 18.2 Å². The number of imidazole rings is 1. The first-order valence-corrected chi connectivity index (χ1v) is 6.12. The van der Waals surface area contributed by atoms with Gasteiger partial charge in [-0.05, 0) is 13.0 Å². The first-order chi connectivity index (χ1) is 8.68. The lowest BCUT2D eigenvalue weighted by atomic mass is 10.1. The predicted molar refractivity (Wildman–Crippen MR) is 69.7 cm³/mol. The molecule has 0 spiro atoms. The summed E-state index contributed by atoms with van der Waals surface area (Å²) in [7, 11) is 1.97. The van der Waals surface area contributed by atoms with E-state index in [1.54, 1.807) is 12.3 Å². The zero-order chi connectivity index (χ0) is 13.0. The van der Waals surface area contributed by atoms with Gasteiger partial charge in [0.15, 0.2) is 0 Å². The van der Waals surface area contributed by atoms with E-state index in [2.05, 4.69) is 10.3 Å². The molecule has 2 aromatic rings. The van der Waals surface area contributed by atoms with Crippen molar-refractivity contribution in [3.05, 3.63) is 53.9 Å². The lowest BCUT2D eigenvalue weighted by Gasteiger charge is -2.14. The molecule has 1 atom stereocenters. The van der Waals surface area contributed by atoms with Crippen molar-refractivity contribution >= 4 is 0 Å². The minimum Gasteiger partial charge on any atom is -0.338 e. The first-order valence-electron chi connectivity index (χ1n) is 6.12. The number of aryl methyl sites for hydroxylation is 1. The van der Waals surface area contributed by atoms with Crippen LogP contribution in [0.4, 0.5) is 4.39 Å². The van der Waals surface area contributed by atoms with Gasteiger partial charge in [-0.25, -0.2) is 9.37 Å².